The van der Waals surface area contributed by atoms with Gasteiger partial charge < -0.3 is 15.0 Å². The van der Waals surface area contributed by atoms with E-state index in [1.165, 1.54) is 45.0 Å². The van der Waals surface area contributed by atoms with E-state index >= 15 is 0 Å². The molecule has 2 aromatic carbocycles. The fourth-order valence-electron chi connectivity index (χ4n) is 3.87. The second kappa shape index (κ2) is 10.7. The third-order valence-corrected chi connectivity index (χ3v) is 10.1. The number of ether oxygens (including phenoxy) is 1. The molecule has 0 aliphatic carbocycles. The zero-order chi connectivity index (χ0) is 25.9. The number of hydrogen-bond acceptors (Lipinski definition) is 8. The number of nitrogens with one attached hydrogen (secondary N) is 1. The van der Waals surface area contributed by atoms with Crippen LogP contribution in [0.3, 0.4) is 0 Å². The number of benzene rings is 2. The number of morpholine rings is 1. The molecule has 2 heterocycles. The van der Waals surface area contributed by atoms with Gasteiger partial charge in [-0.1, -0.05) is 0 Å². The van der Waals surface area contributed by atoms with Crippen molar-refractivity contribution in [2.24, 2.45) is 0 Å². The molecule has 0 radical (unpaired) electrons. The fourth-order valence-corrected chi connectivity index (χ4v) is 7.00. The number of thiocarbonyl (C=S) groups is 1. The molecule has 0 spiro atoms. The van der Waals surface area contributed by atoms with Crippen molar-refractivity contribution in [2.75, 3.05) is 57.8 Å². The summed E-state index contributed by atoms with van der Waals surface area (Å²) >= 11 is 5.47. The van der Waals surface area contributed by atoms with Crippen molar-refractivity contribution < 1.29 is 26.5 Å². The molecular formula is C21H25N5O7S3. The van der Waals surface area contributed by atoms with Crippen LogP contribution < -0.4 is 5.32 Å². The van der Waals surface area contributed by atoms with Gasteiger partial charge in [-0.3, -0.25) is 10.1 Å². The highest BCUT2D eigenvalue weighted by molar-refractivity contribution is 7.89. The summed E-state index contributed by atoms with van der Waals surface area (Å²) in [4.78, 5) is 12.2. The Hall–Kier alpha value is -2.69. The molecule has 0 amide bonds. The van der Waals surface area contributed by atoms with E-state index in [9.17, 15) is 26.9 Å². The molecule has 15 heteroatoms. The number of nitrogens with zero attached hydrogens (tertiary/aromatic N) is 4. The van der Waals surface area contributed by atoms with Crippen LogP contribution in [-0.2, 0) is 24.8 Å². The van der Waals surface area contributed by atoms with Gasteiger partial charge in [0.1, 0.15) is 0 Å². The van der Waals surface area contributed by atoms with Gasteiger partial charge in [0.15, 0.2) is 5.11 Å². The highest BCUT2D eigenvalue weighted by atomic mass is 32.2. The molecule has 0 atom stereocenters. The van der Waals surface area contributed by atoms with Crippen LogP contribution in [0.25, 0.3) is 0 Å². The summed E-state index contributed by atoms with van der Waals surface area (Å²) in [6.07, 6.45) is 0. The Labute approximate surface area is 214 Å². The minimum Gasteiger partial charge on any atom is -0.379 e. The van der Waals surface area contributed by atoms with E-state index in [4.69, 9.17) is 17.0 Å². The van der Waals surface area contributed by atoms with E-state index in [0.29, 0.717) is 50.2 Å². The van der Waals surface area contributed by atoms with Crippen LogP contribution >= 0.6 is 12.2 Å². The number of anilines is 1. The van der Waals surface area contributed by atoms with Crippen molar-refractivity contribution >= 4 is 48.8 Å². The van der Waals surface area contributed by atoms with Gasteiger partial charge in [0.2, 0.25) is 20.0 Å². The summed E-state index contributed by atoms with van der Waals surface area (Å²) in [7, 11) is -7.38. The van der Waals surface area contributed by atoms with Crippen molar-refractivity contribution in [2.45, 2.75) is 9.79 Å². The molecule has 194 valence electrons. The van der Waals surface area contributed by atoms with E-state index in [2.05, 4.69) is 5.32 Å². The number of hydrogen-bond donors (Lipinski definition) is 1. The zero-order valence-electron chi connectivity index (χ0n) is 19.1. The second-order valence-corrected chi connectivity index (χ2v) is 12.4. The van der Waals surface area contributed by atoms with Crippen LogP contribution in [0.2, 0.25) is 0 Å². The molecule has 1 N–H and O–H groups in total. The van der Waals surface area contributed by atoms with Crippen LogP contribution in [0, 0.1) is 10.1 Å². The Morgan fingerprint density at radius 3 is 1.78 bits per heavy atom. The van der Waals surface area contributed by atoms with Crippen molar-refractivity contribution in [1.29, 1.82) is 0 Å². The van der Waals surface area contributed by atoms with Gasteiger partial charge in [-0.25, -0.2) is 16.8 Å². The molecule has 0 unspecified atom stereocenters. The molecule has 2 saturated heterocycles. The van der Waals surface area contributed by atoms with Crippen molar-refractivity contribution in [3.05, 3.63) is 58.6 Å². The molecule has 4 rings (SSSR count). The molecule has 2 fully saturated rings. The molecule has 2 aliphatic rings. The predicted molar refractivity (Wildman–Crippen MR) is 136 cm³/mol. The van der Waals surface area contributed by atoms with Crippen molar-refractivity contribution in [3.8, 4) is 0 Å². The maximum absolute atomic E-state index is 12.9. The topological polar surface area (TPSA) is 142 Å². The second-order valence-electron chi connectivity index (χ2n) is 8.11. The smallest absolute Gasteiger partial charge is 0.269 e. The Kier molecular flexibility index (Phi) is 7.87. The van der Waals surface area contributed by atoms with E-state index in [-0.39, 0.29) is 28.6 Å². The van der Waals surface area contributed by atoms with Crippen LogP contribution in [-0.4, -0.2) is 92.9 Å². The van der Waals surface area contributed by atoms with Gasteiger partial charge in [-0.05, 0) is 48.6 Å². The van der Waals surface area contributed by atoms with E-state index in [1.54, 1.807) is 12.1 Å². The lowest BCUT2D eigenvalue weighted by molar-refractivity contribution is -0.384. The Balaban J connectivity index is 1.33. The first kappa shape index (κ1) is 26.4. The average molecular weight is 556 g/mol. The molecule has 36 heavy (non-hydrogen) atoms. The number of piperazine rings is 1. The molecule has 0 aromatic heterocycles. The first-order valence-electron chi connectivity index (χ1n) is 11.1. The van der Waals surface area contributed by atoms with Crippen LogP contribution in [0.15, 0.2) is 58.3 Å². The summed E-state index contributed by atoms with van der Waals surface area (Å²) in [6, 6.07) is 11.1. The first-order chi connectivity index (χ1) is 17.1. The summed E-state index contributed by atoms with van der Waals surface area (Å²) in [6.45, 7) is 2.46. The minimum atomic E-state index is -3.79. The maximum atomic E-state index is 12.9. The molecular weight excluding hydrogens is 530 g/mol. The number of nitro groups is 1. The first-order valence-corrected chi connectivity index (χ1v) is 14.4. The normalized spacial score (nSPS) is 18.1. The fraction of sp³-hybridized carbons (Fsp3) is 0.381. The van der Waals surface area contributed by atoms with Gasteiger partial charge in [0.25, 0.3) is 5.69 Å². The minimum absolute atomic E-state index is 0.00521. The van der Waals surface area contributed by atoms with Gasteiger partial charge >= 0.3 is 0 Å². The number of nitro benzene ring substituents is 1. The van der Waals surface area contributed by atoms with E-state index in [0.717, 1.165) is 0 Å². The highest BCUT2D eigenvalue weighted by Gasteiger charge is 2.30. The summed E-state index contributed by atoms with van der Waals surface area (Å²) in [5.74, 6) is 0. The van der Waals surface area contributed by atoms with Crippen molar-refractivity contribution in [3.63, 3.8) is 0 Å². The largest absolute Gasteiger partial charge is 0.379 e. The van der Waals surface area contributed by atoms with Crippen LogP contribution in [0.5, 0.6) is 0 Å². The molecule has 0 saturated carbocycles. The average Bonchev–Trinajstić information content (AvgIpc) is 2.89. The number of non-ortho nitro benzene ring substituents is 1. The van der Waals surface area contributed by atoms with E-state index < -0.39 is 25.0 Å². The third-order valence-electron chi connectivity index (χ3n) is 5.92. The maximum Gasteiger partial charge on any atom is 0.269 e. The van der Waals surface area contributed by atoms with Gasteiger partial charge in [-0.15, -0.1) is 0 Å². The lowest BCUT2D eigenvalue weighted by Crippen LogP contribution is -2.51. The van der Waals surface area contributed by atoms with Crippen molar-refractivity contribution in [1.82, 2.24) is 13.5 Å². The highest BCUT2D eigenvalue weighted by Crippen LogP contribution is 2.22. The Morgan fingerprint density at radius 2 is 1.28 bits per heavy atom. The van der Waals surface area contributed by atoms with Gasteiger partial charge in [0.05, 0.1) is 27.9 Å². The Morgan fingerprint density at radius 1 is 0.806 bits per heavy atom. The van der Waals surface area contributed by atoms with Gasteiger partial charge in [0, 0.05) is 57.1 Å². The predicted octanol–water partition coefficient (Wildman–Crippen LogP) is 1.32. The van der Waals surface area contributed by atoms with Gasteiger partial charge in [-0.2, -0.15) is 8.61 Å². The SMILES string of the molecule is O=[N+]([O-])c1ccc(S(=O)(=O)N2CCN(C(=S)Nc3ccc(S(=O)(=O)N4CCOCC4)cc3)CC2)cc1. The molecule has 2 aromatic rings. The monoisotopic (exact) mass is 555 g/mol. The lowest BCUT2D eigenvalue weighted by Gasteiger charge is -2.35. The molecule has 0 bridgehead atoms. The third kappa shape index (κ3) is 5.66. The summed E-state index contributed by atoms with van der Waals surface area (Å²) < 4.78 is 59.2. The summed E-state index contributed by atoms with van der Waals surface area (Å²) in [5, 5.41) is 14.3. The van der Waals surface area contributed by atoms with E-state index in [1.807, 2.05) is 4.90 Å². The summed E-state index contributed by atoms with van der Waals surface area (Å²) in [5.41, 5.74) is 0.434. The quantitative estimate of drug-likeness (QED) is 0.315. The molecule has 2 aliphatic heterocycles. The standard InChI is InChI=1S/C21H25N5O7S3/c27-26(28)18-3-7-20(8-4-18)35(29,30)24-11-9-23(10-12-24)21(34)22-17-1-5-19(6-2-17)36(31,32)25-13-15-33-16-14-25/h1-8H,9-16H2,(H,22,34). The zero-order valence-corrected chi connectivity index (χ0v) is 21.6. The van der Waals surface area contributed by atoms with Crippen LogP contribution in [0.4, 0.5) is 11.4 Å². The number of sulfonamides is 2. The lowest BCUT2D eigenvalue weighted by atomic mass is 10.3. The Bertz CT molecular complexity index is 1320. The van der Waals surface area contributed by atoms with Crippen LogP contribution in [0.1, 0.15) is 0 Å². The molecule has 12 nitrogen and oxygen atoms in total. The number of rotatable bonds is 6.